The Morgan fingerprint density at radius 3 is 2.62 bits per heavy atom. The second-order valence-electron chi connectivity index (χ2n) is 5.79. The van der Waals surface area contributed by atoms with E-state index in [1.807, 2.05) is 0 Å². The van der Waals surface area contributed by atoms with Crippen LogP contribution in [-0.4, -0.2) is 55.8 Å². The lowest BCUT2D eigenvalue weighted by molar-refractivity contribution is -0.385. The molecule has 1 aromatic carbocycles. The molecule has 7 nitrogen and oxygen atoms in total. The zero-order valence-electron chi connectivity index (χ0n) is 14.7. The van der Waals surface area contributed by atoms with Gasteiger partial charge in [0.2, 0.25) is 0 Å². The number of likely N-dealkylation sites (tertiary alicyclic amines) is 1. The van der Waals surface area contributed by atoms with Gasteiger partial charge < -0.3 is 10.0 Å². The van der Waals surface area contributed by atoms with Crippen LogP contribution in [0.4, 0.5) is 5.69 Å². The average molecular weight is 399 g/mol. The van der Waals surface area contributed by atoms with E-state index in [-0.39, 0.29) is 21.8 Å². The minimum absolute atomic E-state index is 0.00881. The van der Waals surface area contributed by atoms with E-state index in [9.17, 15) is 24.8 Å². The van der Waals surface area contributed by atoms with Gasteiger partial charge in [0, 0.05) is 6.54 Å². The molecule has 0 aromatic heterocycles. The van der Waals surface area contributed by atoms with Crippen LogP contribution in [0.15, 0.2) is 12.1 Å². The predicted molar refractivity (Wildman–Crippen MR) is 104 cm³/mol. The second kappa shape index (κ2) is 9.27. The number of aldehydes is 1. The molecule has 1 heterocycles. The molecule has 2 rings (SSSR count). The van der Waals surface area contributed by atoms with Crippen molar-refractivity contribution in [2.75, 3.05) is 18.1 Å². The molecule has 26 heavy (non-hydrogen) atoms. The van der Waals surface area contributed by atoms with Crippen LogP contribution in [0.25, 0.3) is 0 Å². The smallest absolute Gasteiger partial charge is 0.285 e. The fourth-order valence-corrected chi connectivity index (χ4v) is 5.96. The Balaban J connectivity index is 2.40. The average Bonchev–Trinajstić information content (AvgIpc) is 3.10. The minimum atomic E-state index is -0.703. The van der Waals surface area contributed by atoms with Gasteiger partial charge in [0.25, 0.3) is 11.6 Å². The summed E-state index contributed by atoms with van der Waals surface area (Å²) in [7, 11) is 0. The Hall–Kier alpha value is -1.74. The van der Waals surface area contributed by atoms with Gasteiger partial charge in [-0.15, -0.1) is 23.5 Å². The molecular formula is C17H22N2O5S2. The molecule has 0 unspecified atom stereocenters. The van der Waals surface area contributed by atoms with E-state index >= 15 is 0 Å². The number of rotatable bonds is 8. The van der Waals surface area contributed by atoms with Gasteiger partial charge in [-0.2, -0.15) is 0 Å². The molecule has 0 radical (unpaired) electrons. The van der Waals surface area contributed by atoms with Crippen LogP contribution in [-0.2, 0) is 0 Å². The van der Waals surface area contributed by atoms with Crippen molar-refractivity contribution in [1.29, 1.82) is 0 Å². The van der Waals surface area contributed by atoms with Crippen molar-refractivity contribution in [2.45, 2.75) is 37.3 Å². The summed E-state index contributed by atoms with van der Waals surface area (Å²) in [5.41, 5.74) is -0.757. The van der Waals surface area contributed by atoms with Crippen LogP contribution in [0.5, 0.6) is 5.75 Å². The molecule has 0 spiro atoms. The lowest BCUT2D eigenvalue weighted by Crippen LogP contribution is -2.41. The SMILES string of the molecule is CCSC(SCC)[C@@H]1CCCN1C(=O)c1cc(C=O)c(O)cc1[N+](=O)[O-]. The minimum Gasteiger partial charge on any atom is -0.507 e. The number of aromatic hydroxyl groups is 1. The molecule has 0 aliphatic carbocycles. The van der Waals surface area contributed by atoms with E-state index in [2.05, 4.69) is 13.8 Å². The lowest BCUT2D eigenvalue weighted by Gasteiger charge is -2.31. The molecule has 1 N–H and O–H groups in total. The summed E-state index contributed by atoms with van der Waals surface area (Å²) in [6.45, 7) is 4.66. The maximum atomic E-state index is 13.1. The molecule has 1 atom stereocenters. The standard InChI is InChI=1S/C17H22N2O5S2/c1-3-25-17(26-4-2)13-6-5-7-18(13)16(22)12-8-11(10-20)15(21)9-14(12)19(23)24/h8-10,13,17,21H,3-7H2,1-2H3/t13-/m0/s1. The van der Waals surface area contributed by atoms with Gasteiger partial charge in [-0.3, -0.25) is 19.7 Å². The van der Waals surface area contributed by atoms with E-state index in [1.165, 1.54) is 0 Å². The van der Waals surface area contributed by atoms with Crippen molar-refractivity contribution >= 4 is 41.4 Å². The lowest BCUT2D eigenvalue weighted by atomic mass is 10.1. The number of carbonyl (C=O) groups excluding carboxylic acids is 2. The summed E-state index contributed by atoms with van der Waals surface area (Å²) >= 11 is 3.55. The number of amides is 1. The van der Waals surface area contributed by atoms with Gasteiger partial charge in [0.1, 0.15) is 11.3 Å². The molecule has 1 aromatic rings. The van der Waals surface area contributed by atoms with Gasteiger partial charge in [0.05, 0.1) is 27.2 Å². The molecular weight excluding hydrogens is 376 g/mol. The maximum Gasteiger partial charge on any atom is 0.285 e. The molecule has 0 bridgehead atoms. The molecule has 1 saturated heterocycles. The van der Waals surface area contributed by atoms with Gasteiger partial charge >= 0.3 is 0 Å². The monoisotopic (exact) mass is 398 g/mol. The third-order valence-electron chi connectivity index (χ3n) is 4.24. The quantitative estimate of drug-likeness (QED) is 0.309. The molecule has 1 aliphatic heterocycles. The number of phenolic OH excluding ortho intramolecular Hbond substituents is 1. The Labute approximate surface area is 160 Å². The van der Waals surface area contributed by atoms with Gasteiger partial charge in [-0.05, 0) is 30.4 Å². The van der Waals surface area contributed by atoms with Crippen LogP contribution in [0.1, 0.15) is 47.4 Å². The molecule has 1 aliphatic rings. The first-order chi connectivity index (χ1) is 12.4. The summed E-state index contributed by atoms with van der Waals surface area (Å²) in [6, 6.07) is 1.99. The predicted octanol–water partition coefficient (Wildman–Crippen LogP) is 3.55. The number of thioether (sulfide) groups is 2. The highest BCUT2D eigenvalue weighted by Crippen LogP contribution is 2.37. The Bertz CT molecular complexity index is 692. The van der Waals surface area contributed by atoms with Crippen LogP contribution >= 0.6 is 23.5 Å². The molecule has 1 fully saturated rings. The van der Waals surface area contributed by atoms with Crippen molar-refractivity contribution in [3.8, 4) is 5.75 Å². The fraction of sp³-hybridized carbons (Fsp3) is 0.529. The summed E-state index contributed by atoms with van der Waals surface area (Å²) in [5, 5.41) is 21.1. The number of nitrogens with zero attached hydrogens (tertiary/aromatic N) is 2. The molecule has 9 heteroatoms. The van der Waals surface area contributed by atoms with E-state index in [1.54, 1.807) is 28.4 Å². The highest BCUT2D eigenvalue weighted by atomic mass is 32.2. The maximum absolute atomic E-state index is 13.1. The number of carbonyl (C=O) groups is 2. The van der Waals surface area contributed by atoms with E-state index in [0.717, 1.165) is 36.5 Å². The Morgan fingerprint density at radius 2 is 2.08 bits per heavy atom. The zero-order valence-corrected chi connectivity index (χ0v) is 16.3. The largest absolute Gasteiger partial charge is 0.507 e. The van der Waals surface area contributed by atoms with Crippen molar-refractivity contribution in [1.82, 2.24) is 4.90 Å². The number of nitro groups is 1. The van der Waals surface area contributed by atoms with Gasteiger partial charge in [-0.1, -0.05) is 13.8 Å². The normalized spacial score (nSPS) is 16.9. The van der Waals surface area contributed by atoms with Gasteiger partial charge in [-0.25, -0.2) is 0 Å². The van der Waals surface area contributed by atoms with E-state index < -0.39 is 22.3 Å². The third-order valence-corrected chi connectivity index (χ3v) is 7.00. The fourth-order valence-electron chi connectivity index (χ4n) is 3.09. The Kier molecular flexibility index (Phi) is 7.33. The van der Waals surface area contributed by atoms with E-state index in [4.69, 9.17) is 0 Å². The Morgan fingerprint density at radius 1 is 1.42 bits per heavy atom. The van der Waals surface area contributed by atoms with Crippen LogP contribution < -0.4 is 0 Å². The third kappa shape index (κ3) is 4.32. The molecule has 142 valence electrons. The molecule has 0 saturated carbocycles. The number of benzene rings is 1. The van der Waals surface area contributed by atoms with Crippen molar-refractivity contribution in [3.63, 3.8) is 0 Å². The summed E-state index contributed by atoms with van der Waals surface area (Å²) in [4.78, 5) is 36.5. The first-order valence-corrected chi connectivity index (χ1v) is 10.5. The van der Waals surface area contributed by atoms with Crippen molar-refractivity contribution in [2.24, 2.45) is 0 Å². The first kappa shape index (κ1) is 20.6. The second-order valence-corrected chi connectivity index (χ2v) is 8.93. The number of hydrogen-bond acceptors (Lipinski definition) is 7. The number of nitro benzene ring substituents is 1. The van der Waals surface area contributed by atoms with Crippen molar-refractivity contribution in [3.05, 3.63) is 33.4 Å². The topological polar surface area (TPSA) is 101 Å². The van der Waals surface area contributed by atoms with Crippen LogP contribution in [0.2, 0.25) is 0 Å². The number of phenols is 1. The van der Waals surface area contributed by atoms with E-state index in [0.29, 0.717) is 12.8 Å². The van der Waals surface area contributed by atoms with Crippen LogP contribution in [0.3, 0.4) is 0 Å². The van der Waals surface area contributed by atoms with Crippen LogP contribution in [0, 0.1) is 10.1 Å². The summed E-state index contributed by atoms with van der Waals surface area (Å²) in [5.74, 6) is 0.887. The van der Waals surface area contributed by atoms with Crippen molar-refractivity contribution < 1.29 is 19.6 Å². The first-order valence-electron chi connectivity index (χ1n) is 8.45. The highest BCUT2D eigenvalue weighted by Gasteiger charge is 2.37. The number of hydrogen-bond donors (Lipinski definition) is 1. The molecule has 1 amide bonds. The van der Waals surface area contributed by atoms with Gasteiger partial charge in [0.15, 0.2) is 6.29 Å². The summed E-state index contributed by atoms with van der Waals surface area (Å²) < 4.78 is 0.207. The highest BCUT2D eigenvalue weighted by molar-refractivity contribution is 8.17. The zero-order chi connectivity index (χ0) is 19.3. The summed E-state index contributed by atoms with van der Waals surface area (Å²) in [6.07, 6.45) is 2.08.